The summed E-state index contributed by atoms with van der Waals surface area (Å²) in [6, 6.07) is 12.8. The Balaban J connectivity index is 1.69. The predicted octanol–water partition coefficient (Wildman–Crippen LogP) is 2.88. The first-order valence-corrected chi connectivity index (χ1v) is 9.00. The van der Waals surface area contributed by atoms with Gasteiger partial charge in [0.05, 0.1) is 33.4 Å². The lowest BCUT2D eigenvalue weighted by Gasteiger charge is -2.13. The zero-order valence-corrected chi connectivity index (χ0v) is 16.2. The molecule has 148 valence electrons. The van der Waals surface area contributed by atoms with Gasteiger partial charge in [-0.05, 0) is 36.8 Å². The highest BCUT2D eigenvalue weighted by Gasteiger charge is 2.17. The Labute approximate surface area is 164 Å². The molecule has 0 unspecified atom stereocenters. The molecule has 4 N–H and O–H groups in total. The van der Waals surface area contributed by atoms with E-state index in [2.05, 4.69) is 20.5 Å². The molecule has 2 aromatic carbocycles. The summed E-state index contributed by atoms with van der Waals surface area (Å²) < 4.78 is 16.2. The van der Waals surface area contributed by atoms with Gasteiger partial charge in [-0.1, -0.05) is 12.1 Å². The van der Waals surface area contributed by atoms with Crippen LogP contribution in [0.3, 0.4) is 0 Å². The molecule has 1 aromatic heterocycles. The summed E-state index contributed by atoms with van der Waals surface area (Å²) in [5, 5.41) is 10.5. The maximum atomic E-state index is 6.35. The number of benzene rings is 2. The van der Waals surface area contributed by atoms with Crippen molar-refractivity contribution in [2.24, 2.45) is 5.73 Å². The summed E-state index contributed by atoms with van der Waals surface area (Å²) in [5.41, 5.74) is 8.12. The Morgan fingerprint density at radius 2 is 1.96 bits per heavy atom. The van der Waals surface area contributed by atoms with Crippen LogP contribution in [0.4, 0.5) is 5.69 Å². The smallest absolute Gasteiger partial charge is 0.171 e. The molecule has 0 bridgehead atoms. The van der Waals surface area contributed by atoms with E-state index in [1.54, 1.807) is 14.2 Å². The van der Waals surface area contributed by atoms with Crippen LogP contribution in [0.2, 0.25) is 0 Å². The fourth-order valence-electron chi connectivity index (χ4n) is 2.75. The number of hydrogen-bond acceptors (Lipinski definition) is 7. The maximum absolute atomic E-state index is 6.35. The molecule has 1 heterocycles. The molecule has 0 amide bonds. The summed E-state index contributed by atoms with van der Waals surface area (Å²) in [6.45, 7) is 2.94. The number of hydrogen-bond donors (Lipinski definition) is 3. The lowest BCUT2D eigenvalue weighted by Crippen LogP contribution is -2.14. The lowest BCUT2D eigenvalue weighted by molar-refractivity contribution is 0.310. The average Bonchev–Trinajstić information content (AvgIpc) is 3.21. The SMILES string of the molecule is CCOc1cc([C@@H](N)c2n[nH]c(CNc3cccc(OC)c3)n2)ccc1OC. The number of rotatable bonds is 9. The van der Waals surface area contributed by atoms with Crippen LogP contribution < -0.4 is 25.3 Å². The molecule has 28 heavy (non-hydrogen) atoms. The van der Waals surface area contributed by atoms with Gasteiger partial charge in [-0.3, -0.25) is 5.10 Å². The molecular formula is C20H25N5O3. The van der Waals surface area contributed by atoms with Crippen LogP contribution in [0.5, 0.6) is 17.2 Å². The maximum Gasteiger partial charge on any atom is 0.171 e. The molecule has 0 aliphatic carbocycles. The fraction of sp³-hybridized carbons (Fsp3) is 0.300. The van der Waals surface area contributed by atoms with Crippen LogP contribution in [0.1, 0.15) is 30.2 Å². The predicted molar refractivity (Wildman–Crippen MR) is 107 cm³/mol. The van der Waals surface area contributed by atoms with Crippen LogP contribution in [-0.2, 0) is 6.54 Å². The molecule has 0 saturated heterocycles. The van der Waals surface area contributed by atoms with E-state index in [1.165, 1.54) is 0 Å². The van der Waals surface area contributed by atoms with Gasteiger partial charge in [0.25, 0.3) is 0 Å². The van der Waals surface area contributed by atoms with Gasteiger partial charge in [0.15, 0.2) is 17.3 Å². The minimum Gasteiger partial charge on any atom is -0.497 e. The van der Waals surface area contributed by atoms with Gasteiger partial charge >= 0.3 is 0 Å². The van der Waals surface area contributed by atoms with E-state index in [9.17, 15) is 0 Å². The molecule has 0 saturated carbocycles. The van der Waals surface area contributed by atoms with E-state index < -0.39 is 6.04 Å². The van der Waals surface area contributed by atoms with Crippen LogP contribution >= 0.6 is 0 Å². The summed E-state index contributed by atoms with van der Waals surface area (Å²) in [7, 11) is 3.24. The van der Waals surface area contributed by atoms with Crippen molar-refractivity contribution < 1.29 is 14.2 Å². The highest BCUT2D eigenvalue weighted by Crippen LogP contribution is 2.31. The number of nitrogens with one attached hydrogen (secondary N) is 2. The normalized spacial score (nSPS) is 11.7. The van der Waals surface area contributed by atoms with Crippen molar-refractivity contribution in [3.63, 3.8) is 0 Å². The van der Waals surface area contributed by atoms with Crippen LogP contribution in [-0.4, -0.2) is 36.0 Å². The highest BCUT2D eigenvalue weighted by atomic mass is 16.5. The number of nitrogens with two attached hydrogens (primary N) is 1. The number of ether oxygens (including phenoxy) is 3. The molecule has 0 fully saturated rings. The van der Waals surface area contributed by atoms with Crippen LogP contribution in [0.15, 0.2) is 42.5 Å². The Kier molecular flexibility index (Phi) is 6.33. The van der Waals surface area contributed by atoms with E-state index in [4.69, 9.17) is 19.9 Å². The van der Waals surface area contributed by atoms with Crippen molar-refractivity contribution in [3.05, 3.63) is 59.7 Å². The zero-order chi connectivity index (χ0) is 19.9. The number of methoxy groups -OCH3 is 2. The molecule has 0 aliphatic heterocycles. The Morgan fingerprint density at radius 1 is 1.11 bits per heavy atom. The first-order valence-electron chi connectivity index (χ1n) is 9.00. The Morgan fingerprint density at radius 3 is 2.71 bits per heavy atom. The number of nitrogens with zero attached hydrogens (tertiary/aromatic N) is 2. The van der Waals surface area contributed by atoms with Crippen LogP contribution in [0, 0.1) is 0 Å². The lowest BCUT2D eigenvalue weighted by atomic mass is 10.1. The van der Waals surface area contributed by atoms with E-state index >= 15 is 0 Å². The molecule has 1 atom stereocenters. The largest absolute Gasteiger partial charge is 0.497 e. The molecule has 3 rings (SSSR count). The Hall–Kier alpha value is -3.26. The van der Waals surface area contributed by atoms with Crippen molar-refractivity contribution in [2.45, 2.75) is 19.5 Å². The third-order valence-corrected chi connectivity index (χ3v) is 4.20. The van der Waals surface area contributed by atoms with Crippen LogP contribution in [0.25, 0.3) is 0 Å². The topological polar surface area (TPSA) is 107 Å². The average molecular weight is 383 g/mol. The molecule has 8 nitrogen and oxygen atoms in total. The quantitative estimate of drug-likeness (QED) is 0.521. The highest BCUT2D eigenvalue weighted by molar-refractivity contribution is 5.48. The van der Waals surface area contributed by atoms with Gasteiger partial charge in [-0.15, -0.1) is 0 Å². The third kappa shape index (κ3) is 4.52. The molecule has 0 spiro atoms. The van der Waals surface area contributed by atoms with E-state index in [1.807, 2.05) is 49.4 Å². The summed E-state index contributed by atoms with van der Waals surface area (Å²) in [6.07, 6.45) is 0. The number of anilines is 1. The first kappa shape index (κ1) is 19.5. The second kappa shape index (κ2) is 9.09. The van der Waals surface area contributed by atoms with E-state index in [-0.39, 0.29) is 0 Å². The van der Waals surface area contributed by atoms with Gasteiger partial charge in [-0.25, -0.2) is 4.98 Å². The van der Waals surface area contributed by atoms with Gasteiger partial charge in [-0.2, -0.15) is 5.10 Å². The first-order chi connectivity index (χ1) is 13.6. The minimum absolute atomic E-state index is 0.480. The van der Waals surface area contributed by atoms with Gasteiger partial charge in [0.2, 0.25) is 0 Å². The molecule has 0 radical (unpaired) electrons. The van der Waals surface area contributed by atoms with Gasteiger partial charge < -0.3 is 25.3 Å². The minimum atomic E-state index is -0.480. The molecule has 8 heteroatoms. The fourth-order valence-corrected chi connectivity index (χ4v) is 2.75. The number of aromatic nitrogens is 3. The summed E-state index contributed by atoms with van der Waals surface area (Å²) in [5.74, 6) is 3.29. The molecule has 0 aliphatic rings. The summed E-state index contributed by atoms with van der Waals surface area (Å²) in [4.78, 5) is 4.50. The monoisotopic (exact) mass is 383 g/mol. The number of H-pyrrole nitrogens is 1. The molecular weight excluding hydrogens is 358 g/mol. The van der Waals surface area contributed by atoms with E-state index in [0.29, 0.717) is 36.3 Å². The van der Waals surface area contributed by atoms with E-state index in [0.717, 1.165) is 17.0 Å². The van der Waals surface area contributed by atoms with Gasteiger partial charge in [0.1, 0.15) is 11.6 Å². The second-order valence-electron chi connectivity index (χ2n) is 6.05. The van der Waals surface area contributed by atoms with Crippen molar-refractivity contribution in [2.75, 3.05) is 26.1 Å². The Bertz CT molecular complexity index is 912. The van der Waals surface area contributed by atoms with Crippen molar-refractivity contribution >= 4 is 5.69 Å². The number of aromatic amines is 1. The zero-order valence-electron chi connectivity index (χ0n) is 16.2. The van der Waals surface area contributed by atoms with Crippen molar-refractivity contribution in [1.82, 2.24) is 15.2 Å². The second-order valence-corrected chi connectivity index (χ2v) is 6.05. The van der Waals surface area contributed by atoms with Crippen molar-refractivity contribution in [3.8, 4) is 17.2 Å². The summed E-state index contributed by atoms with van der Waals surface area (Å²) >= 11 is 0. The van der Waals surface area contributed by atoms with Crippen molar-refractivity contribution in [1.29, 1.82) is 0 Å². The standard InChI is InChI=1S/C20H25N5O3/c1-4-28-17-10-13(8-9-16(17)27-3)19(21)20-23-18(24-25-20)12-22-14-6-5-7-15(11-14)26-2/h5-11,19,22H,4,12,21H2,1-3H3,(H,23,24,25)/t19-/m1/s1. The third-order valence-electron chi connectivity index (χ3n) is 4.20. The van der Waals surface area contributed by atoms with Gasteiger partial charge in [0, 0.05) is 11.8 Å². The molecule has 3 aromatic rings.